The molecule has 0 heterocycles. The van der Waals surface area contributed by atoms with E-state index in [0.29, 0.717) is 17.0 Å². The summed E-state index contributed by atoms with van der Waals surface area (Å²) in [4.78, 5) is 12.6. The normalized spacial score (nSPS) is 21.0. The summed E-state index contributed by atoms with van der Waals surface area (Å²) < 4.78 is 0. The SMILES string of the molecule is CCCCCC1CCC(c2ccc(C(=O)C(O)c3ccccc3)cc2)CC1. The van der Waals surface area contributed by atoms with Crippen LogP contribution in [0.3, 0.4) is 0 Å². The lowest BCUT2D eigenvalue weighted by Crippen LogP contribution is -2.14. The summed E-state index contributed by atoms with van der Waals surface area (Å²) in [5, 5.41) is 10.3. The number of ketones is 1. The molecule has 0 bridgehead atoms. The minimum Gasteiger partial charge on any atom is -0.380 e. The van der Waals surface area contributed by atoms with Crippen LogP contribution >= 0.6 is 0 Å². The first kappa shape index (κ1) is 19.8. The molecule has 0 amide bonds. The summed E-state index contributed by atoms with van der Waals surface area (Å²) >= 11 is 0. The fourth-order valence-electron chi connectivity index (χ4n) is 4.33. The van der Waals surface area contributed by atoms with Crippen LogP contribution in [0.4, 0.5) is 0 Å². The number of benzene rings is 2. The molecule has 2 heteroatoms. The van der Waals surface area contributed by atoms with Gasteiger partial charge in [-0.05, 0) is 48.6 Å². The highest BCUT2D eigenvalue weighted by Crippen LogP contribution is 2.37. The highest BCUT2D eigenvalue weighted by atomic mass is 16.3. The Balaban J connectivity index is 1.55. The Morgan fingerprint density at radius 2 is 1.63 bits per heavy atom. The van der Waals surface area contributed by atoms with Crippen LogP contribution in [-0.4, -0.2) is 10.9 Å². The monoisotopic (exact) mass is 364 g/mol. The van der Waals surface area contributed by atoms with Crippen LogP contribution < -0.4 is 0 Å². The van der Waals surface area contributed by atoms with Gasteiger partial charge in [0.05, 0.1) is 0 Å². The fraction of sp³-hybridized carbons (Fsp3) is 0.480. The van der Waals surface area contributed by atoms with Gasteiger partial charge < -0.3 is 5.11 Å². The molecule has 0 aliphatic heterocycles. The van der Waals surface area contributed by atoms with Crippen molar-refractivity contribution < 1.29 is 9.90 Å². The Kier molecular flexibility index (Phi) is 7.23. The summed E-state index contributed by atoms with van der Waals surface area (Å²) in [7, 11) is 0. The van der Waals surface area contributed by atoms with Crippen molar-refractivity contribution in [3.05, 3.63) is 71.3 Å². The van der Waals surface area contributed by atoms with E-state index >= 15 is 0 Å². The van der Waals surface area contributed by atoms with Gasteiger partial charge in [0.15, 0.2) is 5.78 Å². The molecule has 3 rings (SSSR count). The molecule has 1 atom stereocenters. The molecule has 0 radical (unpaired) electrons. The Labute approximate surface area is 163 Å². The molecule has 1 saturated carbocycles. The second kappa shape index (κ2) is 9.85. The number of carbonyl (C=O) groups is 1. The van der Waals surface area contributed by atoms with Gasteiger partial charge in [-0.1, -0.05) is 87.2 Å². The van der Waals surface area contributed by atoms with Gasteiger partial charge in [0.1, 0.15) is 6.10 Å². The van der Waals surface area contributed by atoms with Gasteiger partial charge in [0.25, 0.3) is 0 Å². The van der Waals surface area contributed by atoms with Crippen LogP contribution in [0.5, 0.6) is 0 Å². The Bertz CT molecular complexity index is 697. The smallest absolute Gasteiger partial charge is 0.195 e. The van der Waals surface area contributed by atoms with Crippen molar-refractivity contribution in [1.29, 1.82) is 0 Å². The maximum atomic E-state index is 12.6. The molecule has 2 aromatic carbocycles. The molecule has 144 valence electrons. The lowest BCUT2D eigenvalue weighted by molar-refractivity contribution is 0.0747. The molecule has 0 aromatic heterocycles. The fourth-order valence-corrected chi connectivity index (χ4v) is 4.33. The van der Waals surface area contributed by atoms with Crippen LogP contribution in [0.25, 0.3) is 0 Å². The third-order valence-electron chi connectivity index (χ3n) is 6.09. The minimum atomic E-state index is -1.09. The Morgan fingerprint density at radius 3 is 2.26 bits per heavy atom. The molecule has 0 spiro atoms. The quantitative estimate of drug-likeness (QED) is 0.431. The first-order valence-electron chi connectivity index (χ1n) is 10.6. The van der Waals surface area contributed by atoms with Crippen molar-refractivity contribution in [2.24, 2.45) is 5.92 Å². The third-order valence-corrected chi connectivity index (χ3v) is 6.09. The summed E-state index contributed by atoms with van der Waals surface area (Å²) in [6.07, 6.45) is 9.55. The number of aliphatic hydroxyl groups excluding tert-OH is 1. The number of rotatable bonds is 8. The van der Waals surface area contributed by atoms with Crippen molar-refractivity contribution in [2.45, 2.75) is 70.3 Å². The van der Waals surface area contributed by atoms with E-state index in [9.17, 15) is 9.90 Å². The zero-order valence-electron chi connectivity index (χ0n) is 16.4. The number of carbonyl (C=O) groups excluding carboxylic acids is 1. The van der Waals surface area contributed by atoms with Crippen LogP contribution in [0.2, 0.25) is 0 Å². The predicted octanol–water partition coefficient (Wildman–Crippen LogP) is 6.46. The van der Waals surface area contributed by atoms with Gasteiger partial charge >= 0.3 is 0 Å². The van der Waals surface area contributed by atoms with E-state index in [1.54, 1.807) is 12.1 Å². The summed E-state index contributed by atoms with van der Waals surface area (Å²) in [5.74, 6) is 1.30. The predicted molar refractivity (Wildman–Crippen MR) is 111 cm³/mol. The van der Waals surface area contributed by atoms with E-state index in [0.717, 1.165) is 5.92 Å². The topological polar surface area (TPSA) is 37.3 Å². The molecule has 2 aromatic rings. The van der Waals surface area contributed by atoms with E-state index in [2.05, 4.69) is 19.1 Å². The Morgan fingerprint density at radius 1 is 0.963 bits per heavy atom. The number of aliphatic hydroxyl groups is 1. The van der Waals surface area contributed by atoms with Crippen LogP contribution in [-0.2, 0) is 0 Å². The highest BCUT2D eigenvalue weighted by molar-refractivity contribution is 5.99. The molecular weight excluding hydrogens is 332 g/mol. The molecule has 0 saturated heterocycles. The molecule has 27 heavy (non-hydrogen) atoms. The van der Waals surface area contributed by atoms with Gasteiger partial charge in [-0.2, -0.15) is 0 Å². The average Bonchev–Trinajstić information content (AvgIpc) is 2.74. The number of Topliss-reactive ketones (excluding diaryl/α,β-unsaturated/α-hetero) is 1. The zero-order chi connectivity index (χ0) is 19.1. The van der Waals surface area contributed by atoms with E-state index in [-0.39, 0.29) is 5.78 Å². The number of hydrogen-bond acceptors (Lipinski definition) is 2. The minimum absolute atomic E-state index is 0.229. The first-order chi connectivity index (χ1) is 13.2. The molecule has 1 N–H and O–H groups in total. The molecule has 2 nitrogen and oxygen atoms in total. The van der Waals surface area contributed by atoms with E-state index < -0.39 is 6.10 Å². The first-order valence-corrected chi connectivity index (χ1v) is 10.6. The van der Waals surface area contributed by atoms with Crippen LogP contribution in [0.1, 0.15) is 91.8 Å². The molecule has 1 fully saturated rings. The zero-order valence-corrected chi connectivity index (χ0v) is 16.4. The van der Waals surface area contributed by atoms with Gasteiger partial charge in [-0.25, -0.2) is 0 Å². The maximum Gasteiger partial charge on any atom is 0.195 e. The van der Waals surface area contributed by atoms with E-state index in [1.165, 1.54) is 56.9 Å². The van der Waals surface area contributed by atoms with Crippen molar-refractivity contribution in [1.82, 2.24) is 0 Å². The van der Waals surface area contributed by atoms with Gasteiger partial charge in [-0.15, -0.1) is 0 Å². The van der Waals surface area contributed by atoms with Crippen molar-refractivity contribution in [3.63, 3.8) is 0 Å². The van der Waals surface area contributed by atoms with Gasteiger partial charge in [-0.3, -0.25) is 4.79 Å². The van der Waals surface area contributed by atoms with Crippen LogP contribution in [0.15, 0.2) is 54.6 Å². The van der Waals surface area contributed by atoms with Gasteiger partial charge in [0.2, 0.25) is 0 Å². The molecule has 1 aliphatic rings. The summed E-state index contributed by atoms with van der Waals surface area (Å²) in [6.45, 7) is 2.27. The lowest BCUT2D eigenvalue weighted by Gasteiger charge is -2.29. The van der Waals surface area contributed by atoms with Crippen molar-refractivity contribution >= 4 is 5.78 Å². The summed E-state index contributed by atoms with van der Waals surface area (Å²) in [6, 6.07) is 17.1. The van der Waals surface area contributed by atoms with Crippen molar-refractivity contribution in [2.75, 3.05) is 0 Å². The molecule has 1 aliphatic carbocycles. The van der Waals surface area contributed by atoms with E-state index in [1.807, 2.05) is 30.3 Å². The van der Waals surface area contributed by atoms with Crippen LogP contribution in [0, 0.1) is 5.92 Å². The number of hydrogen-bond donors (Lipinski definition) is 1. The second-order valence-corrected chi connectivity index (χ2v) is 8.01. The number of unbranched alkanes of at least 4 members (excludes halogenated alkanes) is 2. The summed E-state index contributed by atoms with van der Waals surface area (Å²) in [5.41, 5.74) is 2.57. The maximum absolute atomic E-state index is 12.6. The van der Waals surface area contributed by atoms with Crippen molar-refractivity contribution in [3.8, 4) is 0 Å². The third kappa shape index (κ3) is 5.29. The largest absolute Gasteiger partial charge is 0.380 e. The lowest BCUT2D eigenvalue weighted by atomic mass is 9.77. The molecular formula is C25H32O2. The average molecular weight is 365 g/mol. The van der Waals surface area contributed by atoms with E-state index in [4.69, 9.17) is 0 Å². The van der Waals surface area contributed by atoms with Gasteiger partial charge in [0, 0.05) is 5.56 Å². The Hall–Kier alpha value is -1.93. The molecule has 1 unspecified atom stereocenters. The standard InChI is InChI=1S/C25H32O2/c1-2-3-5-8-19-11-13-20(14-12-19)21-15-17-23(18-16-21)25(27)24(26)22-9-6-4-7-10-22/h4,6-7,9-10,15-20,24,26H,2-3,5,8,11-14H2,1H3. The second-order valence-electron chi connectivity index (χ2n) is 8.01. The highest BCUT2D eigenvalue weighted by Gasteiger charge is 2.23.